The highest BCUT2D eigenvalue weighted by Crippen LogP contribution is 2.27. The number of imide groups is 1. The van der Waals surface area contributed by atoms with Crippen LogP contribution < -0.4 is 5.43 Å². The zero-order chi connectivity index (χ0) is 30.1. The van der Waals surface area contributed by atoms with Gasteiger partial charge in [0.1, 0.15) is 12.2 Å². The molecule has 11 heteroatoms. The van der Waals surface area contributed by atoms with Gasteiger partial charge in [0.05, 0.1) is 6.04 Å². The summed E-state index contributed by atoms with van der Waals surface area (Å²) in [4.78, 5) is 55.2. The van der Waals surface area contributed by atoms with Gasteiger partial charge in [-0.25, -0.2) is 9.59 Å². The molecule has 0 spiro atoms. The Morgan fingerprint density at radius 2 is 1.74 bits per heavy atom. The van der Waals surface area contributed by atoms with E-state index in [2.05, 4.69) is 22.5 Å². The molecule has 1 atom stereocenters. The molecule has 0 unspecified atom stereocenters. The summed E-state index contributed by atoms with van der Waals surface area (Å²) in [7, 11) is 0. The molecule has 1 saturated carbocycles. The lowest BCUT2D eigenvalue weighted by Gasteiger charge is -2.39. The molecule has 10 nitrogen and oxygen atoms in total. The second kappa shape index (κ2) is 15.1. The van der Waals surface area contributed by atoms with Crippen LogP contribution in [0.2, 0.25) is 0 Å². The lowest BCUT2D eigenvalue weighted by molar-refractivity contribution is -0.147. The lowest BCUT2D eigenvalue weighted by Crippen LogP contribution is -2.59. The van der Waals surface area contributed by atoms with Crippen LogP contribution >= 0.6 is 11.8 Å². The van der Waals surface area contributed by atoms with Gasteiger partial charge in [0.2, 0.25) is 5.91 Å². The normalized spacial score (nSPS) is 20.7. The average Bonchev–Trinajstić information content (AvgIpc) is 3.36. The monoisotopic (exact) mass is 602 g/mol. The van der Waals surface area contributed by atoms with E-state index >= 15 is 0 Å². The Hall–Kier alpha value is -2.79. The van der Waals surface area contributed by atoms with Gasteiger partial charge in [-0.2, -0.15) is 16.7 Å². The van der Waals surface area contributed by atoms with Crippen molar-refractivity contribution in [3.05, 3.63) is 35.9 Å². The van der Waals surface area contributed by atoms with E-state index in [1.165, 1.54) is 42.7 Å². The molecule has 2 saturated heterocycles. The number of hydrazine groups is 1. The first-order valence-electron chi connectivity index (χ1n) is 15.3. The van der Waals surface area contributed by atoms with Crippen LogP contribution in [0.25, 0.3) is 0 Å². The molecule has 1 aromatic rings. The summed E-state index contributed by atoms with van der Waals surface area (Å²) in [6.07, 6.45) is 6.25. The van der Waals surface area contributed by atoms with Crippen molar-refractivity contribution >= 4 is 35.8 Å². The summed E-state index contributed by atoms with van der Waals surface area (Å²) in [5.74, 6) is 1.67. The molecule has 3 aliphatic rings. The number of hydrogen-bond acceptors (Lipinski definition) is 8. The molecule has 4 rings (SSSR count). The van der Waals surface area contributed by atoms with E-state index in [1.807, 2.05) is 18.2 Å². The van der Waals surface area contributed by atoms with Crippen LogP contribution in [0.3, 0.4) is 0 Å². The number of ether oxygens (including phenoxy) is 2. The van der Waals surface area contributed by atoms with Crippen LogP contribution in [-0.4, -0.2) is 87.7 Å². The minimum Gasteiger partial charge on any atom is -0.446 e. The molecule has 3 fully saturated rings. The van der Waals surface area contributed by atoms with E-state index in [0.717, 1.165) is 31.3 Å². The van der Waals surface area contributed by atoms with Crippen molar-refractivity contribution in [3.8, 4) is 0 Å². The molecule has 0 radical (unpaired) electrons. The molecule has 4 amide bonds. The molecule has 0 aromatic heterocycles. The zero-order valence-electron chi connectivity index (χ0n) is 25.2. The third-order valence-corrected chi connectivity index (χ3v) is 9.17. The van der Waals surface area contributed by atoms with E-state index in [9.17, 15) is 19.2 Å². The summed E-state index contributed by atoms with van der Waals surface area (Å²) in [6, 6.07) is 8.86. The predicted octanol–water partition coefficient (Wildman–Crippen LogP) is 4.97. The SMILES string of the molecule is CC(C)(C)OC(=O)N1C(=O)OC[C@H]1C(=O)NN(C(=O)CCSCC1CCCCC1)C1CCN(Cc2ccccc2)CC1. The van der Waals surface area contributed by atoms with Crippen LogP contribution in [0.5, 0.6) is 0 Å². The minimum atomic E-state index is -1.22. The number of amides is 4. The molecule has 232 valence electrons. The highest BCUT2D eigenvalue weighted by Gasteiger charge is 2.45. The van der Waals surface area contributed by atoms with Gasteiger partial charge in [0.25, 0.3) is 5.91 Å². The van der Waals surface area contributed by atoms with Gasteiger partial charge in [-0.15, -0.1) is 0 Å². The van der Waals surface area contributed by atoms with Crippen LogP contribution in [0.15, 0.2) is 30.3 Å². The van der Waals surface area contributed by atoms with E-state index < -0.39 is 29.7 Å². The zero-order valence-corrected chi connectivity index (χ0v) is 26.0. The number of carbonyl (C=O) groups excluding carboxylic acids is 4. The maximum Gasteiger partial charge on any atom is 0.420 e. The maximum absolute atomic E-state index is 13.6. The highest BCUT2D eigenvalue weighted by molar-refractivity contribution is 7.99. The van der Waals surface area contributed by atoms with Crippen LogP contribution in [-0.2, 0) is 25.6 Å². The molecule has 42 heavy (non-hydrogen) atoms. The van der Waals surface area contributed by atoms with E-state index in [1.54, 1.807) is 32.5 Å². The van der Waals surface area contributed by atoms with Gasteiger partial charge < -0.3 is 9.47 Å². The third kappa shape index (κ3) is 9.36. The van der Waals surface area contributed by atoms with Crippen LogP contribution in [0, 0.1) is 5.92 Å². The van der Waals surface area contributed by atoms with Crippen molar-refractivity contribution < 1.29 is 28.7 Å². The Morgan fingerprint density at radius 1 is 1.05 bits per heavy atom. The van der Waals surface area contributed by atoms with Gasteiger partial charge in [0.15, 0.2) is 6.04 Å². The Balaban J connectivity index is 1.38. The standard InChI is InChI=1S/C31H46N4O6S/c1-31(2,3)41-30(39)34-26(21-40-29(34)38)28(37)32-35(27(36)16-19-42-22-24-12-8-5-9-13-24)25-14-17-33(18-15-25)20-23-10-6-4-7-11-23/h4,6-7,10-11,24-26H,5,8-9,12-22H2,1-3H3,(H,32,37)/t26-/m0/s1. The van der Waals surface area contributed by atoms with E-state index in [0.29, 0.717) is 29.9 Å². The van der Waals surface area contributed by atoms with Crippen molar-refractivity contribution in [2.24, 2.45) is 5.92 Å². The number of cyclic esters (lactones) is 1. The number of thioether (sulfide) groups is 1. The number of benzene rings is 1. The molecule has 1 aliphatic carbocycles. The summed E-state index contributed by atoms with van der Waals surface area (Å²) in [6.45, 7) is 7.14. The van der Waals surface area contributed by atoms with Crippen molar-refractivity contribution in [1.82, 2.24) is 20.2 Å². The first-order valence-corrected chi connectivity index (χ1v) is 16.4. The van der Waals surface area contributed by atoms with Gasteiger partial charge in [-0.3, -0.25) is 24.9 Å². The molecule has 1 N–H and O–H groups in total. The lowest BCUT2D eigenvalue weighted by atomic mass is 9.91. The Morgan fingerprint density at radius 3 is 2.40 bits per heavy atom. The van der Waals surface area contributed by atoms with E-state index in [-0.39, 0.29) is 18.6 Å². The molecule has 0 bridgehead atoms. The molecule has 2 aliphatic heterocycles. The van der Waals surface area contributed by atoms with Crippen molar-refractivity contribution in [2.45, 2.75) is 96.4 Å². The highest BCUT2D eigenvalue weighted by atomic mass is 32.2. The number of likely N-dealkylation sites (tertiary alicyclic amines) is 1. The maximum atomic E-state index is 13.6. The third-order valence-electron chi connectivity index (χ3n) is 7.98. The van der Waals surface area contributed by atoms with Crippen LogP contribution in [0.4, 0.5) is 9.59 Å². The smallest absolute Gasteiger partial charge is 0.420 e. The quantitative estimate of drug-likeness (QED) is 0.312. The van der Waals surface area contributed by atoms with Crippen molar-refractivity contribution in [2.75, 3.05) is 31.2 Å². The Labute approximate surface area is 253 Å². The van der Waals surface area contributed by atoms with Crippen molar-refractivity contribution in [1.29, 1.82) is 0 Å². The van der Waals surface area contributed by atoms with Crippen molar-refractivity contribution in [3.63, 3.8) is 0 Å². The fourth-order valence-corrected chi connectivity index (χ4v) is 6.89. The molecular weight excluding hydrogens is 556 g/mol. The summed E-state index contributed by atoms with van der Waals surface area (Å²) >= 11 is 1.81. The largest absolute Gasteiger partial charge is 0.446 e. The molecule has 1 aromatic carbocycles. The second-order valence-corrected chi connectivity index (χ2v) is 13.7. The summed E-state index contributed by atoms with van der Waals surface area (Å²) in [5.41, 5.74) is 3.17. The fraction of sp³-hybridized carbons (Fsp3) is 0.677. The average molecular weight is 603 g/mol. The first kappa shape index (κ1) is 32.1. The Bertz CT molecular complexity index is 1070. The van der Waals surface area contributed by atoms with E-state index in [4.69, 9.17) is 9.47 Å². The topological polar surface area (TPSA) is 108 Å². The second-order valence-electron chi connectivity index (χ2n) is 12.5. The molecule has 2 heterocycles. The number of nitrogens with one attached hydrogen (secondary N) is 1. The number of carbonyl (C=O) groups is 4. The first-order chi connectivity index (χ1) is 20.1. The van der Waals surface area contributed by atoms with Gasteiger partial charge in [0, 0.05) is 31.8 Å². The summed E-state index contributed by atoms with van der Waals surface area (Å²) in [5, 5.41) is 1.46. The minimum absolute atomic E-state index is 0.157. The van der Waals surface area contributed by atoms with Gasteiger partial charge >= 0.3 is 12.2 Å². The van der Waals surface area contributed by atoms with Gasteiger partial charge in [-0.1, -0.05) is 49.6 Å². The number of nitrogens with zero attached hydrogens (tertiary/aromatic N) is 3. The molecular formula is C31H46N4O6S. The van der Waals surface area contributed by atoms with Crippen LogP contribution in [0.1, 0.15) is 77.7 Å². The number of rotatable bonds is 9. The Kier molecular flexibility index (Phi) is 11.5. The number of piperidine rings is 1. The fourth-order valence-electron chi connectivity index (χ4n) is 5.74. The summed E-state index contributed by atoms with van der Waals surface area (Å²) < 4.78 is 10.4. The van der Waals surface area contributed by atoms with Gasteiger partial charge in [-0.05, 0) is 63.7 Å². The predicted molar refractivity (Wildman–Crippen MR) is 161 cm³/mol. The number of hydrogen-bond donors (Lipinski definition) is 1.